The maximum absolute atomic E-state index is 13.1. The zero-order chi connectivity index (χ0) is 13.8. The molecule has 0 amide bonds. The Kier molecular flexibility index (Phi) is 4.39. The summed E-state index contributed by atoms with van der Waals surface area (Å²) >= 11 is 3.40. The van der Waals surface area contributed by atoms with Crippen LogP contribution in [0, 0.1) is 5.82 Å². The molecule has 0 atom stereocenters. The third-order valence-electron chi connectivity index (χ3n) is 2.60. The van der Waals surface area contributed by atoms with E-state index in [0.717, 1.165) is 10.2 Å². The number of hydrogen-bond acceptors (Lipinski definition) is 3. The van der Waals surface area contributed by atoms with Crippen LogP contribution < -0.4 is 15.2 Å². The minimum Gasteiger partial charge on any atom is -0.497 e. The van der Waals surface area contributed by atoms with Crippen molar-refractivity contribution >= 4 is 15.9 Å². The normalized spacial score (nSPS) is 10.3. The summed E-state index contributed by atoms with van der Waals surface area (Å²) in [6.07, 6.45) is 0. The summed E-state index contributed by atoms with van der Waals surface area (Å²) in [4.78, 5) is 0. The predicted molar refractivity (Wildman–Crippen MR) is 75.1 cm³/mol. The SMILES string of the molecule is COc1ccc(Oc2ccc(F)cc2CN)c(Br)c1. The zero-order valence-corrected chi connectivity index (χ0v) is 11.9. The predicted octanol–water partition coefficient (Wildman–Crippen LogP) is 3.85. The van der Waals surface area contributed by atoms with Gasteiger partial charge in [0.2, 0.25) is 0 Å². The number of rotatable bonds is 4. The minimum absolute atomic E-state index is 0.209. The van der Waals surface area contributed by atoms with Crippen molar-refractivity contribution in [2.24, 2.45) is 5.73 Å². The molecular formula is C14H13BrFNO2. The molecule has 0 unspecified atom stereocenters. The molecule has 0 fully saturated rings. The molecule has 0 heterocycles. The Labute approximate surface area is 119 Å². The van der Waals surface area contributed by atoms with Crippen LogP contribution in [0.3, 0.4) is 0 Å². The molecule has 2 rings (SSSR count). The molecule has 0 aliphatic carbocycles. The molecule has 2 aromatic carbocycles. The fraction of sp³-hybridized carbons (Fsp3) is 0.143. The van der Waals surface area contributed by atoms with Crippen molar-refractivity contribution in [3.63, 3.8) is 0 Å². The number of hydrogen-bond donors (Lipinski definition) is 1. The number of nitrogens with two attached hydrogens (primary N) is 1. The van der Waals surface area contributed by atoms with Crippen molar-refractivity contribution in [2.45, 2.75) is 6.54 Å². The molecule has 0 aliphatic rings. The van der Waals surface area contributed by atoms with Gasteiger partial charge < -0.3 is 15.2 Å². The molecule has 0 aromatic heterocycles. The topological polar surface area (TPSA) is 44.5 Å². The summed E-state index contributed by atoms with van der Waals surface area (Å²) in [6.45, 7) is 0.209. The van der Waals surface area contributed by atoms with Crippen molar-refractivity contribution in [3.8, 4) is 17.2 Å². The first-order valence-electron chi connectivity index (χ1n) is 5.64. The Morgan fingerprint density at radius 1 is 1.16 bits per heavy atom. The van der Waals surface area contributed by atoms with E-state index in [1.807, 2.05) is 0 Å². The van der Waals surface area contributed by atoms with Crippen molar-refractivity contribution < 1.29 is 13.9 Å². The van der Waals surface area contributed by atoms with Gasteiger partial charge in [0, 0.05) is 12.1 Å². The molecule has 100 valence electrons. The zero-order valence-electron chi connectivity index (χ0n) is 10.3. The average molecular weight is 326 g/mol. The van der Waals surface area contributed by atoms with Crippen LogP contribution in [-0.2, 0) is 6.54 Å². The van der Waals surface area contributed by atoms with Crippen LogP contribution in [0.25, 0.3) is 0 Å². The van der Waals surface area contributed by atoms with Gasteiger partial charge in [0.05, 0.1) is 11.6 Å². The minimum atomic E-state index is -0.332. The second kappa shape index (κ2) is 6.04. The molecule has 19 heavy (non-hydrogen) atoms. The van der Waals surface area contributed by atoms with Gasteiger partial charge in [-0.15, -0.1) is 0 Å². The summed E-state index contributed by atoms with van der Waals surface area (Å²) in [7, 11) is 1.59. The van der Waals surface area contributed by atoms with Gasteiger partial charge in [0.25, 0.3) is 0 Å². The van der Waals surface area contributed by atoms with Crippen LogP contribution in [-0.4, -0.2) is 7.11 Å². The van der Waals surface area contributed by atoms with Crippen LogP contribution in [0.5, 0.6) is 17.2 Å². The molecule has 0 spiro atoms. The smallest absolute Gasteiger partial charge is 0.141 e. The lowest BCUT2D eigenvalue weighted by Crippen LogP contribution is -2.00. The number of methoxy groups -OCH3 is 1. The monoisotopic (exact) mass is 325 g/mol. The van der Waals surface area contributed by atoms with Crippen LogP contribution >= 0.6 is 15.9 Å². The molecule has 2 aromatic rings. The standard InChI is InChI=1S/C14H13BrFNO2/c1-18-11-3-5-14(12(15)7-11)19-13-4-2-10(16)6-9(13)8-17/h2-7H,8,17H2,1H3. The number of halogens is 2. The van der Waals surface area contributed by atoms with E-state index < -0.39 is 0 Å². The van der Waals surface area contributed by atoms with Gasteiger partial charge in [-0.3, -0.25) is 0 Å². The molecule has 0 bridgehead atoms. The highest BCUT2D eigenvalue weighted by Crippen LogP contribution is 2.34. The Balaban J connectivity index is 2.31. The second-order valence-corrected chi connectivity index (χ2v) is 4.71. The fourth-order valence-electron chi connectivity index (χ4n) is 1.62. The summed E-state index contributed by atoms with van der Waals surface area (Å²) < 4.78 is 24.7. The van der Waals surface area contributed by atoms with Gasteiger partial charge >= 0.3 is 0 Å². The lowest BCUT2D eigenvalue weighted by molar-refractivity contribution is 0.412. The van der Waals surface area contributed by atoms with Crippen LogP contribution in [0.2, 0.25) is 0 Å². The second-order valence-electron chi connectivity index (χ2n) is 3.85. The van der Waals surface area contributed by atoms with Crippen LogP contribution in [0.1, 0.15) is 5.56 Å². The van der Waals surface area contributed by atoms with Gasteiger partial charge in [0.15, 0.2) is 0 Å². The highest BCUT2D eigenvalue weighted by molar-refractivity contribution is 9.10. The summed E-state index contributed by atoms with van der Waals surface area (Å²) in [5, 5.41) is 0. The van der Waals surface area contributed by atoms with Gasteiger partial charge in [0.1, 0.15) is 23.1 Å². The highest BCUT2D eigenvalue weighted by atomic mass is 79.9. The van der Waals surface area contributed by atoms with E-state index in [0.29, 0.717) is 17.1 Å². The Bertz CT molecular complexity index is 590. The van der Waals surface area contributed by atoms with E-state index in [1.54, 1.807) is 31.4 Å². The first-order valence-corrected chi connectivity index (χ1v) is 6.43. The van der Waals surface area contributed by atoms with Crippen molar-refractivity contribution in [2.75, 3.05) is 7.11 Å². The first-order chi connectivity index (χ1) is 9.13. The van der Waals surface area contributed by atoms with Crippen LogP contribution in [0.4, 0.5) is 4.39 Å². The Morgan fingerprint density at radius 3 is 2.53 bits per heavy atom. The molecular weight excluding hydrogens is 313 g/mol. The number of benzene rings is 2. The molecule has 0 aliphatic heterocycles. The van der Waals surface area contributed by atoms with Crippen LogP contribution in [0.15, 0.2) is 40.9 Å². The van der Waals surface area contributed by atoms with Crippen molar-refractivity contribution in [3.05, 3.63) is 52.3 Å². The maximum atomic E-state index is 13.1. The Hall–Kier alpha value is -1.59. The molecule has 0 radical (unpaired) electrons. The van der Waals surface area contributed by atoms with E-state index >= 15 is 0 Å². The molecule has 0 saturated carbocycles. The highest BCUT2D eigenvalue weighted by Gasteiger charge is 2.08. The first kappa shape index (κ1) is 13.8. The van der Waals surface area contributed by atoms with E-state index in [-0.39, 0.29) is 12.4 Å². The van der Waals surface area contributed by atoms with Gasteiger partial charge in [-0.2, -0.15) is 0 Å². The molecule has 2 N–H and O–H groups in total. The van der Waals surface area contributed by atoms with E-state index in [9.17, 15) is 4.39 Å². The van der Waals surface area contributed by atoms with E-state index in [1.165, 1.54) is 12.1 Å². The molecule has 3 nitrogen and oxygen atoms in total. The largest absolute Gasteiger partial charge is 0.497 e. The Morgan fingerprint density at radius 2 is 1.89 bits per heavy atom. The maximum Gasteiger partial charge on any atom is 0.141 e. The summed E-state index contributed by atoms with van der Waals surface area (Å²) in [6, 6.07) is 9.62. The quantitative estimate of drug-likeness (QED) is 0.928. The summed E-state index contributed by atoms with van der Waals surface area (Å²) in [5.41, 5.74) is 6.19. The fourth-order valence-corrected chi connectivity index (χ4v) is 2.06. The van der Waals surface area contributed by atoms with Crippen molar-refractivity contribution in [1.29, 1.82) is 0 Å². The number of ether oxygens (including phenoxy) is 2. The van der Waals surface area contributed by atoms with E-state index in [2.05, 4.69) is 15.9 Å². The third kappa shape index (κ3) is 3.24. The molecule has 5 heteroatoms. The lowest BCUT2D eigenvalue weighted by atomic mass is 10.2. The average Bonchev–Trinajstić information content (AvgIpc) is 2.42. The lowest BCUT2D eigenvalue weighted by Gasteiger charge is -2.12. The van der Waals surface area contributed by atoms with E-state index in [4.69, 9.17) is 15.2 Å². The molecule has 0 saturated heterocycles. The van der Waals surface area contributed by atoms with Gasteiger partial charge in [-0.25, -0.2) is 4.39 Å². The van der Waals surface area contributed by atoms with Crippen molar-refractivity contribution in [1.82, 2.24) is 0 Å². The van der Waals surface area contributed by atoms with Gasteiger partial charge in [-0.05, 0) is 52.3 Å². The van der Waals surface area contributed by atoms with Gasteiger partial charge in [-0.1, -0.05) is 0 Å². The third-order valence-corrected chi connectivity index (χ3v) is 3.22. The summed E-state index contributed by atoms with van der Waals surface area (Å²) in [5.74, 6) is 1.54.